The first-order valence-electron chi connectivity index (χ1n) is 8.78. The lowest BCUT2D eigenvalue weighted by atomic mass is 9.99. The smallest absolute Gasteiger partial charge is 0.253 e. The molecule has 1 N–H and O–H groups in total. The van der Waals surface area contributed by atoms with Crippen molar-refractivity contribution in [1.29, 1.82) is 0 Å². The van der Waals surface area contributed by atoms with Gasteiger partial charge in [0, 0.05) is 31.6 Å². The maximum absolute atomic E-state index is 12.4. The molecular weight excluding hydrogens is 312 g/mol. The fraction of sp³-hybridized carbons (Fsp3) is 0.333. The molecule has 2 aromatic carbocycles. The highest BCUT2D eigenvalue weighted by atomic mass is 16.2. The molecule has 1 heterocycles. The SMILES string of the molecule is CC(=O)NC(C)Cc1ccc(-c2cccc(C(=O)N3CCC3)c2)cc1. The number of carbonyl (C=O) groups is 2. The zero-order valence-corrected chi connectivity index (χ0v) is 14.8. The summed E-state index contributed by atoms with van der Waals surface area (Å²) in [6.07, 6.45) is 1.90. The quantitative estimate of drug-likeness (QED) is 0.911. The van der Waals surface area contributed by atoms with Gasteiger partial charge in [0.05, 0.1) is 0 Å². The second-order valence-electron chi connectivity index (χ2n) is 6.73. The number of hydrogen-bond donors (Lipinski definition) is 1. The number of hydrogen-bond acceptors (Lipinski definition) is 2. The number of nitrogens with zero attached hydrogens (tertiary/aromatic N) is 1. The van der Waals surface area contributed by atoms with Crippen LogP contribution in [-0.2, 0) is 11.2 Å². The van der Waals surface area contributed by atoms with Gasteiger partial charge in [-0.05, 0) is 48.6 Å². The van der Waals surface area contributed by atoms with Crippen molar-refractivity contribution in [3.8, 4) is 11.1 Å². The summed E-state index contributed by atoms with van der Waals surface area (Å²) in [4.78, 5) is 25.3. The van der Waals surface area contributed by atoms with Gasteiger partial charge >= 0.3 is 0 Å². The van der Waals surface area contributed by atoms with Crippen molar-refractivity contribution in [2.24, 2.45) is 0 Å². The molecule has 4 heteroatoms. The zero-order valence-electron chi connectivity index (χ0n) is 14.8. The fourth-order valence-electron chi connectivity index (χ4n) is 3.12. The van der Waals surface area contributed by atoms with E-state index in [0.29, 0.717) is 0 Å². The largest absolute Gasteiger partial charge is 0.354 e. The Hall–Kier alpha value is -2.62. The van der Waals surface area contributed by atoms with Crippen LogP contribution in [-0.4, -0.2) is 35.8 Å². The fourth-order valence-corrected chi connectivity index (χ4v) is 3.12. The Bertz CT molecular complexity index is 764. The number of amides is 2. The Morgan fingerprint density at radius 2 is 1.80 bits per heavy atom. The molecule has 0 radical (unpaired) electrons. The summed E-state index contributed by atoms with van der Waals surface area (Å²) in [5, 5.41) is 2.90. The van der Waals surface area contributed by atoms with Crippen LogP contribution in [0.3, 0.4) is 0 Å². The molecule has 1 aliphatic heterocycles. The first-order valence-corrected chi connectivity index (χ1v) is 8.78. The number of nitrogens with one attached hydrogen (secondary N) is 1. The minimum Gasteiger partial charge on any atom is -0.354 e. The molecule has 1 unspecified atom stereocenters. The van der Waals surface area contributed by atoms with Crippen LogP contribution in [0.15, 0.2) is 48.5 Å². The highest BCUT2D eigenvalue weighted by Gasteiger charge is 2.21. The highest BCUT2D eigenvalue weighted by molar-refractivity contribution is 5.95. The number of carbonyl (C=O) groups excluding carboxylic acids is 2. The van der Waals surface area contributed by atoms with Crippen molar-refractivity contribution in [3.05, 3.63) is 59.7 Å². The number of benzene rings is 2. The Morgan fingerprint density at radius 3 is 2.40 bits per heavy atom. The van der Waals surface area contributed by atoms with E-state index in [1.165, 1.54) is 12.5 Å². The molecule has 0 aromatic heterocycles. The molecule has 3 rings (SSSR count). The summed E-state index contributed by atoms with van der Waals surface area (Å²) in [6, 6.07) is 16.2. The van der Waals surface area contributed by atoms with Crippen LogP contribution in [0.5, 0.6) is 0 Å². The average Bonchev–Trinajstić information content (AvgIpc) is 2.53. The molecule has 0 spiro atoms. The van der Waals surface area contributed by atoms with E-state index in [-0.39, 0.29) is 17.9 Å². The summed E-state index contributed by atoms with van der Waals surface area (Å²) < 4.78 is 0. The van der Waals surface area contributed by atoms with E-state index in [2.05, 4.69) is 29.6 Å². The first-order chi connectivity index (χ1) is 12.0. The molecule has 130 valence electrons. The standard InChI is InChI=1S/C21H24N2O2/c1-15(22-16(2)24)13-17-7-9-18(10-8-17)19-5-3-6-20(14-19)21(25)23-11-4-12-23/h3,5-10,14-15H,4,11-13H2,1-2H3,(H,22,24). The Kier molecular flexibility index (Phi) is 5.17. The summed E-state index contributed by atoms with van der Waals surface area (Å²) >= 11 is 0. The molecule has 2 amide bonds. The van der Waals surface area contributed by atoms with Crippen molar-refractivity contribution in [3.63, 3.8) is 0 Å². The highest BCUT2D eigenvalue weighted by Crippen LogP contribution is 2.23. The maximum Gasteiger partial charge on any atom is 0.253 e. The van der Waals surface area contributed by atoms with E-state index < -0.39 is 0 Å². The molecule has 4 nitrogen and oxygen atoms in total. The minimum atomic E-state index is -0.00666. The monoisotopic (exact) mass is 336 g/mol. The summed E-state index contributed by atoms with van der Waals surface area (Å²) in [6.45, 7) is 5.27. The Balaban J connectivity index is 1.71. The van der Waals surface area contributed by atoms with E-state index in [9.17, 15) is 9.59 Å². The van der Waals surface area contributed by atoms with Gasteiger partial charge in [-0.1, -0.05) is 36.4 Å². The topological polar surface area (TPSA) is 49.4 Å². The Labute approximate surface area is 148 Å². The lowest BCUT2D eigenvalue weighted by Gasteiger charge is -2.31. The van der Waals surface area contributed by atoms with Gasteiger partial charge in [-0.3, -0.25) is 9.59 Å². The van der Waals surface area contributed by atoms with Crippen LogP contribution in [0.1, 0.15) is 36.2 Å². The van der Waals surface area contributed by atoms with Gasteiger partial charge in [0.2, 0.25) is 5.91 Å². The van der Waals surface area contributed by atoms with E-state index >= 15 is 0 Å². The van der Waals surface area contributed by atoms with E-state index in [0.717, 1.165) is 42.6 Å². The van der Waals surface area contributed by atoms with Crippen LogP contribution < -0.4 is 5.32 Å². The van der Waals surface area contributed by atoms with Crippen molar-refractivity contribution >= 4 is 11.8 Å². The molecule has 1 aliphatic rings. The van der Waals surface area contributed by atoms with Crippen LogP contribution in [0.25, 0.3) is 11.1 Å². The second kappa shape index (κ2) is 7.51. The second-order valence-corrected chi connectivity index (χ2v) is 6.73. The zero-order chi connectivity index (χ0) is 17.8. The third kappa shape index (κ3) is 4.27. The summed E-state index contributed by atoms with van der Waals surface area (Å²) in [5.41, 5.74) is 4.07. The van der Waals surface area contributed by atoms with E-state index in [4.69, 9.17) is 0 Å². The van der Waals surface area contributed by atoms with Gasteiger partial charge in [0.1, 0.15) is 0 Å². The van der Waals surface area contributed by atoms with Crippen LogP contribution in [0, 0.1) is 0 Å². The van der Waals surface area contributed by atoms with Crippen LogP contribution in [0.2, 0.25) is 0 Å². The van der Waals surface area contributed by atoms with Crippen molar-refractivity contribution < 1.29 is 9.59 Å². The maximum atomic E-state index is 12.4. The van der Waals surface area contributed by atoms with Gasteiger partial charge in [0.25, 0.3) is 5.91 Å². The molecule has 0 bridgehead atoms. The van der Waals surface area contributed by atoms with Crippen molar-refractivity contribution in [2.45, 2.75) is 32.7 Å². The van der Waals surface area contributed by atoms with E-state index in [1.54, 1.807) is 0 Å². The predicted octanol–water partition coefficient (Wildman–Crippen LogP) is 3.27. The first kappa shape index (κ1) is 17.2. The van der Waals surface area contributed by atoms with Crippen LogP contribution >= 0.6 is 0 Å². The molecule has 0 saturated carbocycles. The molecule has 1 saturated heterocycles. The molecule has 0 aliphatic carbocycles. The van der Waals surface area contributed by atoms with Gasteiger partial charge in [-0.2, -0.15) is 0 Å². The van der Waals surface area contributed by atoms with E-state index in [1.807, 2.05) is 36.1 Å². The van der Waals surface area contributed by atoms with Gasteiger partial charge in [-0.25, -0.2) is 0 Å². The molecular formula is C21H24N2O2. The molecule has 25 heavy (non-hydrogen) atoms. The summed E-state index contributed by atoms with van der Waals surface area (Å²) in [5.74, 6) is 0.113. The molecule has 1 atom stereocenters. The van der Waals surface area contributed by atoms with Gasteiger partial charge in [0.15, 0.2) is 0 Å². The molecule has 2 aromatic rings. The lowest BCUT2D eigenvalue weighted by molar-refractivity contribution is -0.119. The third-order valence-electron chi connectivity index (χ3n) is 4.53. The minimum absolute atomic E-state index is 0.00666. The van der Waals surface area contributed by atoms with Crippen molar-refractivity contribution in [1.82, 2.24) is 10.2 Å². The van der Waals surface area contributed by atoms with Crippen molar-refractivity contribution in [2.75, 3.05) is 13.1 Å². The Morgan fingerprint density at radius 1 is 1.08 bits per heavy atom. The summed E-state index contributed by atoms with van der Waals surface area (Å²) in [7, 11) is 0. The number of likely N-dealkylation sites (tertiary alicyclic amines) is 1. The predicted molar refractivity (Wildman–Crippen MR) is 99.4 cm³/mol. The van der Waals surface area contributed by atoms with Crippen LogP contribution in [0.4, 0.5) is 0 Å². The average molecular weight is 336 g/mol. The third-order valence-corrected chi connectivity index (χ3v) is 4.53. The lowest BCUT2D eigenvalue weighted by Crippen LogP contribution is -2.41. The number of rotatable bonds is 5. The normalized spacial score (nSPS) is 14.6. The van der Waals surface area contributed by atoms with Gasteiger partial charge in [-0.15, -0.1) is 0 Å². The van der Waals surface area contributed by atoms with Gasteiger partial charge < -0.3 is 10.2 Å². The molecule has 1 fully saturated rings.